The Morgan fingerprint density at radius 2 is 1.67 bits per heavy atom. The molecule has 2 bridgehead atoms. The number of fused-ring (bicyclic) bond motifs is 4. The second kappa shape index (κ2) is 18.1. The molecule has 3 aliphatic heterocycles. The summed E-state index contributed by atoms with van der Waals surface area (Å²) in [6.07, 6.45) is 1.23. The second-order valence-corrected chi connectivity index (χ2v) is 15.2. The van der Waals surface area contributed by atoms with Crippen LogP contribution in [0.3, 0.4) is 0 Å². The molecule has 0 saturated carbocycles. The third kappa shape index (κ3) is 9.48. The number of hydrogen-bond donors (Lipinski definition) is 5. The van der Waals surface area contributed by atoms with Crippen LogP contribution in [-0.2, 0) is 17.8 Å². The molecule has 0 unspecified atom stereocenters. The molecule has 3 atom stereocenters. The number of nitrogens with zero attached hydrogens (tertiary/aromatic N) is 3. The van der Waals surface area contributed by atoms with E-state index in [0.29, 0.717) is 54.3 Å². The largest absolute Gasteiger partial charge is 0.506 e. The molecule has 4 heterocycles. The van der Waals surface area contributed by atoms with Gasteiger partial charge in [-0.15, -0.1) is 0 Å². The van der Waals surface area contributed by atoms with Gasteiger partial charge in [0.05, 0.1) is 30.1 Å². The van der Waals surface area contributed by atoms with Crippen LogP contribution in [0, 0.1) is 5.92 Å². The summed E-state index contributed by atoms with van der Waals surface area (Å²) in [6, 6.07) is 30.9. The zero-order valence-corrected chi connectivity index (χ0v) is 32.2. The molecule has 12 heteroatoms. The highest BCUT2D eigenvalue weighted by Crippen LogP contribution is 2.39. The van der Waals surface area contributed by atoms with Crippen molar-refractivity contribution in [2.24, 2.45) is 5.92 Å². The molecule has 12 nitrogen and oxygen atoms in total. The summed E-state index contributed by atoms with van der Waals surface area (Å²) < 4.78 is 6.25. The molecule has 57 heavy (non-hydrogen) atoms. The number of nitrogens with one attached hydrogen (secondary N) is 2. The fourth-order valence-electron chi connectivity index (χ4n) is 8.31. The summed E-state index contributed by atoms with van der Waals surface area (Å²) in [7, 11) is 1.78. The van der Waals surface area contributed by atoms with Crippen molar-refractivity contribution in [3.63, 3.8) is 0 Å². The summed E-state index contributed by atoms with van der Waals surface area (Å²) in [6.45, 7) is 4.55. The summed E-state index contributed by atoms with van der Waals surface area (Å²) in [5, 5.41) is 35.4. The molecule has 0 aliphatic carbocycles. The van der Waals surface area contributed by atoms with Crippen molar-refractivity contribution in [3.05, 3.63) is 141 Å². The molecule has 298 valence electrons. The highest BCUT2D eigenvalue weighted by atomic mass is 16.5. The molecule has 8 rings (SSSR count). The number of rotatable bonds is 16. The minimum atomic E-state index is -0.912. The highest BCUT2D eigenvalue weighted by Gasteiger charge is 2.43. The normalized spacial score (nSPS) is 18.5. The molecule has 0 radical (unpaired) electrons. The van der Waals surface area contributed by atoms with Crippen LogP contribution in [0.15, 0.2) is 108 Å². The maximum Gasteiger partial charge on any atom is 0.408 e. The predicted octanol–water partition coefficient (Wildman–Crippen LogP) is 5.69. The van der Waals surface area contributed by atoms with E-state index in [-0.39, 0.29) is 36.2 Å². The number of phenols is 1. The molecule has 4 aromatic carbocycles. The Hall–Kier alpha value is -5.69. The van der Waals surface area contributed by atoms with E-state index in [1.165, 1.54) is 12.1 Å². The molecule has 0 spiro atoms. The second-order valence-electron chi connectivity index (χ2n) is 15.2. The lowest BCUT2D eigenvalue weighted by Crippen LogP contribution is -2.59. The third-order valence-corrected chi connectivity index (χ3v) is 11.4. The Kier molecular flexibility index (Phi) is 12.5. The Bertz CT molecular complexity index is 2200. The molecule has 3 saturated heterocycles. The van der Waals surface area contributed by atoms with Crippen LogP contribution in [0.1, 0.15) is 59.2 Å². The maximum atomic E-state index is 13.0. The molecular weight excluding hydrogens is 723 g/mol. The van der Waals surface area contributed by atoms with Gasteiger partial charge in [-0.05, 0) is 96.9 Å². The van der Waals surface area contributed by atoms with Crippen LogP contribution in [0.25, 0.3) is 10.9 Å². The number of aliphatic hydroxyl groups excluding tert-OH is 1. The van der Waals surface area contributed by atoms with Gasteiger partial charge in [-0.25, -0.2) is 4.79 Å². The number of benzene rings is 4. The number of aromatic amines is 1. The first-order valence-electron chi connectivity index (χ1n) is 19.7. The number of H-pyrrole nitrogens is 1. The van der Waals surface area contributed by atoms with Crippen LogP contribution in [-0.4, -0.2) is 99.4 Å². The highest BCUT2D eigenvalue weighted by molar-refractivity contribution is 5.87. The van der Waals surface area contributed by atoms with Gasteiger partial charge in [-0.1, -0.05) is 72.8 Å². The summed E-state index contributed by atoms with van der Waals surface area (Å²) in [5.41, 5.74) is 4.20. The Labute approximate surface area is 332 Å². The number of aliphatic hydroxyl groups is 1. The van der Waals surface area contributed by atoms with E-state index >= 15 is 0 Å². The van der Waals surface area contributed by atoms with E-state index in [1.54, 1.807) is 29.0 Å². The van der Waals surface area contributed by atoms with E-state index in [2.05, 4.69) is 15.2 Å². The molecule has 3 aliphatic rings. The van der Waals surface area contributed by atoms with Crippen molar-refractivity contribution < 1.29 is 29.6 Å². The topological polar surface area (TPSA) is 159 Å². The van der Waals surface area contributed by atoms with Crippen LogP contribution in [0.2, 0.25) is 0 Å². The SMILES string of the molecule is CN(CCCNC[C@H](O)c1ccc(O)c2[nH]c(=O)ccc12)C(=O)Cc1ccc(COc2cccc([C@H](c3ccccc3)N(C(=O)O)[C@H]3CN4CCC3CC4)c2)cc1. The van der Waals surface area contributed by atoms with Crippen molar-refractivity contribution in [2.75, 3.05) is 46.3 Å². The first-order valence-corrected chi connectivity index (χ1v) is 19.7. The summed E-state index contributed by atoms with van der Waals surface area (Å²) in [5.74, 6) is 0.953. The van der Waals surface area contributed by atoms with Gasteiger partial charge in [0, 0.05) is 38.1 Å². The zero-order chi connectivity index (χ0) is 39.9. The van der Waals surface area contributed by atoms with Crippen molar-refractivity contribution in [2.45, 2.75) is 50.5 Å². The third-order valence-electron chi connectivity index (χ3n) is 11.4. The number of aromatic hydroxyl groups is 1. The lowest BCUT2D eigenvalue weighted by molar-refractivity contribution is -0.129. The number of carbonyl (C=O) groups is 2. The number of likely N-dealkylation sites (N-methyl/N-ethyl adjacent to an activating group) is 1. The molecular formula is C45H51N5O7. The van der Waals surface area contributed by atoms with Crippen LogP contribution < -0.4 is 15.6 Å². The predicted molar refractivity (Wildman–Crippen MR) is 218 cm³/mol. The molecule has 2 amide bonds. The van der Waals surface area contributed by atoms with Crippen molar-refractivity contribution >= 4 is 22.9 Å². The average molecular weight is 774 g/mol. The zero-order valence-electron chi connectivity index (χ0n) is 32.2. The van der Waals surface area contributed by atoms with E-state index in [1.807, 2.05) is 78.9 Å². The number of hydrogen-bond acceptors (Lipinski definition) is 8. The lowest BCUT2D eigenvalue weighted by Gasteiger charge is -2.50. The number of carbonyl (C=O) groups excluding carboxylic acids is 1. The van der Waals surface area contributed by atoms with Gasteiger partial charge in [0.25, 0.3) is 0 Å². The van der Waals surface area contributed by atoms with Gasteiger partial charge in [-0.2, -0.15) is 0 Å². The first-order chi connectivity index (χ1) is 27.6. The Morgan fingerprint density at radius 1 is 0.930 bits per heavy atom. The Balaban J connectivity index is 0.895. The van der Waals surface area contributed by atoms with Crippen LogP contribution >= 0.6 is 0 Å². The van der Waals surface area contributed by atoms with Gasteiger partial charge < -0.3 is 40.2 Å². The number of carboxylic acid groups (broad SMARTS) is 1. The molecule has 5 N–H and O–H groups in total. The van der Waals surface area contributed by atoms with Gasteiger partial charge >= 0.3 is 6.09 Å². The summed E-state index contributed by atoms with van der Waals surface area (Å²) >= 11 is 0. The van der Waals surface area contributed by atoms with E-state index in [4.69, 9.17) is 4.74 Å². The number of amides is 2. The molecule has 3 fully saturated rings. The average Bonchev–Trinajstić information content (AvgIpc) is 3.23. The minimum absolute atomic E-state index is 0.00187. The maximum absolute atomic E-state index is 13.0. The number of piperidine rings is 3. The van der Waals surface area contributed by atoms with Crippen LogP contribution in [0.4, 0.5) is 4.79 Å². The smallest absolute Gasteiger partial charge is 0.408 e. The monoisotopic (exact) mass is 773 g/mol. The minimum Gasteiger partial charge on any atom is -0.506 e. The number of pyridine rings is 1. The molecule has 5 aromatic rings. The van der Waals surface area contributed by atoms with Crippen molar-refractivity contribution in [1.82, 2.24) is 25.0 Å². The van der Waals surface area contributed by atoms with Crippen LogP contribution in [0.5, 0.6) is 11.5 Å². The summed E-state index contributed by atoms with van der Waals surface area (Å²) in [4.78, 5) is 46.1. The first kappa shape index (κ1) is 39.5. The van der Waals surface area contributed by atoms with Gasteiger partial charge in [-0.3, -0.25) is 14.5 Å². The van der Waals surface area contributed by atoms with Crippen molar-refractivity contribution in [3.8, 4) is 11.5 Å². The van der Waals surface area contributed by atoms with Gasteiger partial charge in [0.1, 0.15) is 18.1 Å². The fraction of sp³-hybridized carbons (Fsp3) is 0.356. The number of aromatic nitrogens is 1. The van der Waals surface area contributed by atoms with E-state index < -0.39 is 18.2 Å². The van der Waals surface area contributed by atoms with Crippen molar-refractivity contribution in [1.29, 1.82) is 0 Å². The molecule has 1 aromatic heterocycles. The van der Waals surface area contributed by atoms with E-state index in [0.717, 1.165) is 54.7 Å². The van der Waals surface area contributed by atoms with Gasteiger partial charge in [0.15, 0.2) is 0 Å². The quantitative estimate of drug-likeness (QED) is 0.0795. The Morgan fingerprint density at radius 3 is 2.39 bits per heavy atom. The van der Waals surface area contributed by atoms with Gasteiger partial charge in [0.2, 0.25) is 11.5 Å². The number of phenolic OH excluding ortho intramolecular Hbond substituents is 1. The fourth-order valence-corrected chi connectivity index (χ4v) is 8.31. The van der Waals surface area contributed by atoms with E-state index in [9.17, 15) is 29.7 Å². The number of ether oxygens (including phenoxy) is 1. The lowest BCUT2D eigenvalue weighted by atomic mass is 9.81. The standard InChI is InChI=1S/C45H51N5O7/c1-48(22-6-21-46-27-40(52)36-15-17-39(51)43-37(36)16-18-41(53)47-43)42(54)25-30-11-13-31(14-12-30)29-57-35-10-5-9-34(26-35)44(33-7-3-2-4-8-33)50(45(55)56)38-28-49-23-19-32(38)20-24-49/h2-5,7-18,26,32,38,40,44,46,51-52H,6,19-25,27-29H2,1H3,(H,47,53)(H,55,56)/t38-,40-,44-/m0/s1.